The van der Waals surface area contributed by atoms with E-state index in [2.05, 4.69) is 0 Å². The Morgan fingerprint density at radius 3 is 1.25 bits per heavy atom. The topological polar surface area (TPSA) is 129 Å². The van der Waals surface area contributed by atoms with Crippen LogP contribution in [0.5, 0.6) is 0 Å². The van der Waals surface area contributed by atoms with Crippen molar-refractivity contribution in [3.63, 3.8) is 0 Å². The van der Waals surface area contributed by atoms with E-state index in [1.165, 1.54) is 0 Å². The van der Waals surface area contributed by atoms with Gasteiger partial charge in [0.1, 0.15) is 0 Å². The van der Waals surface area contributed by atoms with Gasteiger partial charge >= 0.3 is 83.3 Å². The van der Waals surface area contributed by atoms with Crippen LogP contribution in [0.3, 0.4) is 0 Å². The SMILES string of the molecule is CCCO.O.O=P(O)(O)O.[CaH2].[CaH2]. The Morgan fingerprint density at radius 1 is 1.17 bits per heavy atom. The molecule has 6 nitrogen and oxygen atoms in total. The molecule has 9 heteroatoms. The average molecular weight is 260 g/mol. The van der Waals surface area contributed by atoms with Gasteiger partial charge in [0.15, 0.2) is 0 Å². The molecule has 0 unspecified atom stereocenters. The summed E-state index contributed by atoms with van der Waals surface area (Å²) in [6.07, 6.45) is 0.875. The van der Waals surface area contributed by atoms with Crippen LogP contribution in [-0.4, -0.2) is 107 Å². The fourth-order valence-electron chi connectivity index (χ4n) is 0. The van der Waals surface area contributed by atoms with Crippen LogP contribution < -0.4 is 0 Å². The van der Waals surface area contributed by atoms with Gasteiger partial charge in [-0.1, -0.05) is 6.92 Å². The van der Waals surface area contributed by atoms with E-state index in [4.69, 9.17) is 24.4 Å². The van der Waals surface area contributed by atoms with Crippen LogP contribution in [0.25, 0.3) is 0 Å². The Hall–Kier alpha value is 2.55. The van der Waals surface area contributed by atoms with Crippen molar-refractivity contribution in [2.45, 2.75) is 13.3 Å². The second kappa shape index (κ2) is 19.2. The van der Waals surface area contributed by atoms with Gasteiger partial charge in [-0.3, -0.25) is 0 Å². The maximum atomic E-state index is 8.88. The van der Waals surface area contributed by atoms with Gasteiger partial charge in [0.2, 0.25) is 0 Å². The monoisotopic (exact) mass is 260 g/mol. The Bertz CT molecular complexity index is 84.5. The predicted octanol–water partition coefficient (Wildman–Crippen LogP) is -3.20. The quantitative estimate of drug-likeness (QED) is 0.291. The Balaban J connectivity index is -0.0000000221. The zero-order chi connectivity index (χ0) is 7.91. The first-order valence-corrected chi connectivity index (χ1v) is 3.87. The van der Waals surface area contributed by atoms with Crippen molar-refractivity contribution in [3.8, 4) is 0 Å². The van der Waals surface area contributed by atoms with Crippen LogP contribution in [0.15, 0.2) is 0 Å². The Morgan fingerprint density at radius 2 is 1.25 bits per heavy atom. The normalized spacial score (nSPS) is 7.42. The molecule has 12 heavy (non-hydrogen) atoms. The summed E-state index contributed by atoms with van der Waals surface area (Å²) in [7, 11) is -4.64. The summed E-state index contributed by atoms with van der Waals surface area (Å²) in [5.74, 6) is 0. The van der Waals surface area contributed by atoms with Crippen LogP contribution in [0.1, 0.15) is 13.3 Å². The van der Waals surface area contributed by atoms with Crippen molar-refractivity contribution in [3.05, 3.63) is 0 Å². The first-order valence-electron chi connectivity index (χ1n) is 2.31. The molecule has 0 amide bonds. The van der Waals surface area contributed by atoms with E-state index in [0.717, 1.165) is 6.42 Å². The molecule has 0 atom stereocenters. The molecule has 74 valence electrons. The van der Waals surface area contributed by atoms with Crippen molar-refractivity contribution in [2.75, 3.05) is 6.61 Å². The molecule has 0 rings (SSSR count). The van der Waals surface area contributed by atoms with Crippen molar-refractivity contribution in [1.82, 2.24) is 0 Å². The molecule has 0 spiro atoms. The summed E-state index contributed by atoms with van der Waals surface area (Å²) in [5, 5.41) is 7.88. The zero-order valence-electron chi connectivity index (χ0n) is 5.56. The predicted molar refractivity (Wildman–Crippen MR) is 52.3 cm³/mol. The maximum absolute atomic E-state index is 8.88. The second-order valence-electron chi connectivity index (χ2n) is 1.24. The zero-order valence-corrected chi connectivity index (χ0v) is 6.45. The summed E-state index contributed by atoms with van der Waals surface area (Å²) < 4.78 is 8.88. The van der Waals surface area contributed by atoms with E-state index in [0.29, 0.717) is 6.61 Å². The van der Waals surface area contributed by atoms with E-state index in [1.54, 1.807) is 0 Å². The molecule has 0 fully saturated rings. The van der Waals surface area contributed by atoms with Gasteiger partial charge in [-0.2, -0.15) is 0 Å². The summed E-state index contributed by atoms with van der Waals surface area (Å²) >= 11 is 0. The molecular weight excluding hydrogens is 243 g/mol. The van der Waals surface area contributed by atoms with Crippen LogP contribution in [0.2, 0.25) is 0 Å². The van der Waals surface area contributed by atoms with Crippen molar-refractivity contribution >= 4 is 83.3 Å². The molecule has 0 aromatic heterocycles. The third kappa shape index (κ3) is 133. The standard InChI is InChI=1S/C3H8O.2Ca.H3O4P.H2O.4H/c1-2-3-4;;;1-5(2,3)4;;;;;/h4H,2-3H2,1H3;;;(H3,1,2,3,4);1H2;;;;. The minimum absolute atomic E-state index is 0. The molecule has 0 aliphatic heterocycles. The van der Waals surface area contributed by atoms with E-state index >= 15 is 0 Å². The van der Waals surface area contributed by atoms with Gasteiger partial charge in [-0.15, -0.1) is 0 Å². The summed E-state index contributed by atoms with van der Waals surface area (Å²) in [6, 6.07) is 0. The number of hydrogen-bond acceptors (Lipinski definition) is 2. The van der Waals surface area contributed by atoms with Crippen LogP contribution in [-0.2, 0) is 4.57 Å². The van der Waals surface area contributed by atoms with Crippen LogP contribution in [0, 0.1) is 0 Å². The van der Waals surface area contributed by atoms with E-state index in [-0.39, 0.29) is 81.0 Å². The second-order valence-corrected chi connectivity index (χ2v) is 2.26. The number of aliphatic hydroxyl groups is 1. The number of phosphoric acid groups is 1. The molecule has 6 N–H and O–H groups in total. The average Bonchev–Trinajstić information content (AvgIpc) is 1.61. The molecule has 0 aromatic rings. The first-order chi connectivity index (χ1) is 3.91. The Kier molecular flexibility index (Phi) is 46.8. The molecule has 0 heterocycles. The molecule has 0 saturated carbocycles. The van der Waals surface area contributed by atoms with Crippen LogP contribution in [0.4, 0.5) is 0 Å². The minimum atomic E-state index is -4.64. The van der Waals surface area contributed by atoms with Crippen molar-refractivity contribution in [1.29, 1.82) is 0 Å². The van der Waals surface area contributed by atoms with Gasteiger partial charge in [-0.25, -0.2) is 4.57 Å². The van der Waals surface area contributed by atoms with Gasteiger partial charge < -0.3 is 25.3 Å². The molecular formula is C3H17Ca2O6P. The van der Waals surface area contributed by atoms with E-state index in [1.807, 2.05) is 6.92 Å². The fraction of sp³-hybridized carbons (Fsp3) is 1.00. The van der Waals surface area contributed by atoms with Crippen molar-refractivity contribution in [2.24, 2.45) is 0 Å². The fourth-order valence-corrected chi connectivity index (χ4v) is 0. The van der Waals surface area contributed by atoms with Gasteiger partial charge in [0, 0.05) is 6.61 Å². The third-order valence-corrected chi connectivity index (χ3v) is 0.224. The summed E-state index contributed by atoms with van der Waals surface area (Å²) in [4.78, 5) is 21.6. The van der Waals surface area contributed by atoms with E-state index in [9.17, 15) is 0 Å². The summed E-state index contributed by atoms with van der Waals surface area (Å²) in [5.41, 5.74) is 0. The molecule has 0 aliphatic carbocycles. The Labute approximate surface area is 131 Å². The van der Waals surface area contributed by atoms with E-state index < -0.39 is 7.82 Å². The van der Waals surface area contributed by atoms with Crippen LogP contribution >= 0.6 is 7.82 Å². The number of rotatable bonds is 1. The summed E-state index contributed by atoms with van der Waals surface area (Å²) in [6.45, 7) is 2.25. The van der Waals surface area contributed by atoms with Gasteiger partial charge in [-0.05, 0) is 6.42 Å². The number of aliphatic hydroxyl groups excluding tert-OH is 1. The molecule has 0 aliphatic rings. The number of hydrogen-bond donors (Lipinski definition) is 4. The first kappa shape index (κ1) is 29.3. The molecule has 0 bridgehead atoms. The molecule has 0 aromatic carbocycles. The van der Waals surface area contributed by atoms with Crippen molar-refractivity contribution < 1.29 is 29.8 Å². The van der Waals surface area contributed by atoms with Gasteiger partial charge in [0.25, 0.3) is 0 Å². The molecule has 0 radical (unpaired) electrons. The van der Waals surface area contributed by atoms with Gasteiger partial charge in [0.05, 0.1) is 0 Å². The third-order valence-electron chi connectivity index (χ3n) is 0.224. The molecule has 0 saturated heterocycles.